The molecule has 0 atom stereocenters. The zero-order chi connectivity index (χ0) is 16.7. The third kappa shape index (κ3) is 3.61. The molecule has 0 amide bonds. The molecule has 1 aliphatic heterocycles. The Morgan fingerprint density at radius 3 is 2.59 bits per heavy atom. The molecule has 3 heteroatoms. The number of amidine groups is 1. The van der Waals surface area contributed by atoms with E-state index in [1.165, 1.54) is 12.1 Å². The summed E-state index contributed by atoms with van der Waals surface area (Å²) in [5.74, 6) is 0.488. The summed E-state index contributed by atoms with van der Waals surface area (Å²) >= 11 is 0. The van der Waals surface area contributed by atoms with Gasteiger partial charge >= 0.3 is 0 Å². The third-order valence-corrected chi connectivity index (χ3v) is 3.07. The van der Waals surface area contributed by atoms with Crippen LogP contribution in [0.5, 0.6) is 0 Å². The minimum Gasteiger partial charge on any atom is -0.299 e. The summed E-state index contributed by atoms with van der Waals surface area (Å²) in [7, 11) is 0. The zero-order valence-corrected chi connectivity index (χ0v) is 13.7. The van der Waals surface area contributed by atoms with E-state index in [4.69, 9.17) is 0 Å². The highest BCUT2D eigenvalue weighted by atomic mass is 19.1. The van der Waals surface area contributed by atoms with Crippen molar-refractivity contribution in [3.63, 3.8) is 0 Å². The molecule has 0 aromatic heterocycles. The first-order valence-electron chi connectivity index (χ1n) is 7.38. The third-order valence-electron chi connectivity index (χ3n) is 3.07. The van der Waals surface area contributed by atoms with E-state index in [2.05, 4.69) is 18.2 Å². The molecule has 0 unspecified atom stereocenters. The van der Waals surface area contributed by atoms with Gasteiger partial charge in [-0.3, -0.25) is 4.90 Å². The number of hydrogen-bond donors (Lipinski definition) is 0. The fourth-order valence-corrected chi connectivity index (χ4v) is 2.15. The number of aliphatic imine (C=N–C) groups is 1. The van der Waals surface area contributed by atoms with Gasteiger partial charge in [0.05, 0.1) is 5.69 Å². The van der Waals surface area contributed by atoms with Crippen LogP contribution in [0, 0.1) is 5.82 Å². The molecule has 0 aliphatic carbocycles. The van der Waals surface area contributed by atoms with Gasteiger partial charge in [0.1, 0.15) is 11.7 Å². The highest BCUT2D eigenvalue weighted by molar-refractivity contribution is 5.98. The second-order valence-electron chi connectivity index (χ2n) is 4.42. The van der Waals surface area contributed by atoms with Gasteiger partial charge < -0.3 is 0 Å². The summed E-state index contributed by atoms with van der Waals surface area (Å²) in [6.07, 6.45) is 7.49. The van der Waals surface area contributed by atoms with Gasteiger partial charge in [-0.1, -0.05) is 39.2 Å². The molecule has 0 saturated carbocycles. The molecule has 0 fully saturated rings. The van der Waals surface area contributed by atoms with Gasteiger partial charge in [-0.15, -0.1) is 0 Å². The Morgan fingerprint density at radius 1 is 1.32 bits per heavy atom. The van der Waals surface area contributed by atoms with Crippen molar-refractivity contribution in [3.05, 3.63) is 72.7 Å². The maximum atomic E-state index is 13.4. The SMILES string of the molecule is C=C/C(=C\C=C/C)N1C(=C)c2cc(F)ccc2N=C1C.CC. The first-order chi connectivity index (χ1) is 10.6. The van der Waals surface area contributed by atoms with Crippen LogP contribution in [0.25, 0.3) is 5.70 Å². The van der Waals surface area contributed by atoms with Crippen LogP contribution in [0.15, 0.2) is 66.4 Å². The van der Waals surface area contributed by atoms with Crippen LogP contribution in [-0.4, -0.2) is 10.7 Å². The molecular weight excluding hydrogens is 275 g/mol. The van der Waals surface area contributed by atoms with Gasteiger partial charge in [0, 0.05) is 17.0 Å². The van der Waals surface area contributed by atoms with Crippen LogP contribution >= 0.6 is 0 Å². The molecule has 116 valence electrons. The van der Waals surface area contributed by atoms with E-state index >= 15 is 0 Å². The van der Waals surface area contributed by atoms with Crippen LogP contribution in [0.2, 0.25) is 0 Å². The van der Waals surface area contributed by atoms with E-state index in [1.54, 1.807) is 12.1 Å². The van der Waals surface area contributed by atoms with Crippen molar-refractivity contribution in [2.45, 2.75) is 27.7 Å². The molecular formula is C19H23FN2. The highest BCUT2D eigenvalue weighted by Gasteiger charge is 2.22. The van der Waals surface area contributed by atoms with Crippen molar-refractivity contribution in [2.75, 3.05) is 0 Å². The summed E-state index contributed by atoms with van der Waals surface area (Å²) in [5, 5.41) is 0. The molecule has 0 spiro atoms. The number of allylic oxidation sites excluding steroid dienone is 4. The molecule has 1 aliphatic rings. The van der Waals surface area contributed by atoms with E-state index in [0.717, 1.165) is 17.2 Å². The molecule has 0 N–H and O–H groups in total. The maximum Gasteiger partial charge on any atom is 0.124 e. The normalized spacial score (nSPS) is 14.2. The van der Waals surface area contributed by atoms with E-state index in [0.29, 0.717) is 11.3 Å². The Bertz CT molecular complexity index is 651. The zero-order valence-electron chi connectivity index (χ0n) is 13.7. The molecule has 1 aromatic carbocycles. The van der Waals surface area contributed by atoms with E-state index < -0.39 is 0 Å². The summed E-state index contributed by atoms with van der Waals surface area (Å²) in [4.78, 5) is 6.37. The smallest absolute Gasteiger partial charge is 0.124 e. The van der Waals surface area contributed by atoms with Gasteiger partial charge in [-0.25, -0.2) is 9.38 Å². The minimum absolute atomic E-state index is 0.294. The Kier molecular flexibility index (Phi) is 6.51. The minimum atomic E-state index is -0.294. The monoisotopic (exact) mass is 298 g/mol. The quantitative estimate of drug-likeness (QED) is 0.641. The predicted octanol–water partition coefficient (Wildman–Crippen LogP) is 5.83. The average molecular weight is 298 g/mol. The van der Waals surface area contributed by atoms with Gasteiger partial charge in [0.2, 0.25) is 0 Å². The molecule has 0 radical (unpaired) electrons. The van der Waals surface area contributed by atoms with E-state index in [1.807, 2.05) is 50.8 Å². The summed E-state index contributed by atoms with van der Waals surface area (Å²) in [6.45, 7) is 15.7. The van der Waals surface area contributed by atoms with E-state index in [-0.39, 0.29) is 5.82 Å². The Balaban J connectivity index is 0.00000116. The molecule has 1 heterocycles. The topological polar surface area (TPSA) is 15.6 Å². The number of benzene rings is 1. The predicted molar refractivity (Wildman–Crippen MR) is 94.5 cm³/mol. The largest absolute Gasteiger partial charge is 0.299 e. The van der Waals surface area contributed by atoms with Crippen molar-refractivity contribution in [1.82, 2.24) is 4.90 Å². The number of nitrogens with zero attached hydrogens (tertiary/aromatic N) is 2. The molecule has 2 rings (SSSR count). The Hall–Kier alpha value is -2.42. The second kappa shape index (κ2) is 8.13. The number of halogens is 1. The lowest BCUT2D eigenvalue weighted by molar-refractivity contribution is 0.625. The van der Waals surface area contributed by atoms with Crippen molar-refractivity contribution >= 4 is 17.2 Å². The molecule has 22 heavy (non-hydrogen) atoms. The lowest BCUT2D eigenvalue weighted by atomic mass is 10.1. The molecule has 1 aromatic rings. The lowest BCUT2D eigenvalue weighted by Gasteiger charge is -2.31. The maximum absolute atomic E-state index is 13.4. The van der Waals surface area contributed by atoms with Crippen LogP contribution < -0.4 is 0 Å². The fourth-order valence-electron chi connectivity index (χ4n) is 2.15. The number of fused-ring (bicyclic) bond motifs is 1. The highest BCUT2D eigenvalue weighted by Crippen LogP contribution is 2.35. The van der Waals surface area contributed by atoms with Gasteiger partial charge in [-0.2, -0.15) is 0 Å². The van der Waals surface area contributed by atoms with Crippen molar-refractivity contribution in [2.24, 2.45) is 4.99 Å². The van der Waals surface area contributed by atoms with Crippen molar-refractivity contribution in [3.8, 4) is 0 Å². The first kappa shape index (κ1) is 17.6. The van der Waals surface area contributed by atoms with Gasteiger partial charge in [0.15, 0.2) is 0 Å². The van der Waals surface area contributed by atoms with Crippen LogP contribution in [-0.2, 0) is 0 Å². The summed E-state index contributed by atoms with van der Waals surface area (Å²) in [5.41, 5.74) is 2.98. The second-order valence-corrected chi connectivity index (χ2v) is 4.42. The van der Waals surface area contributed by atoms with Gasteiger partial charge in [0.25, 0.3) is 0 Å². The van der Waals surface area contributed by atoms with Gasteiger partial charge in [-0.05, 0) is 44.2 Å². The first-order valence-corrected chi connectivity index (χ1v) is 7.38. The summed E-state index contributed by atoms with van der Waals surface area (Å²) < 4.78 is 13.4. The fraction of sp³-hybridized carbons (Fsp3) is 0.211. The molecule has 2 nitrogen and oxygen atoms in total. The standard InChI is InChI=1S/C17H17FN2.C2H6/c1-5-7-8-15(6-2)20-12(3)16-11-14(18)9-10-17(16)19-13(20)4;1-2/h5-11H,2-3H2,1,4H3;1-2H3/b7-5-,15-8+;. The van der Waals surface area contributed by atoms with Crippen molar-refractivity contribution < 1.29 is 4.39 Å². The van der Waals surface area contributed by atoms with E-state index in [9.17, 15) is 4.39 Å². The summed E-state index contributed by atoms with van der Waals surface area (Å²) in [6, 6.07) is 4.53. The van der Waals surface area contributed by atoms with Crippen LogP contribution in [0.3, 0.4) is 0 Å². The van der Waals surface area contributed by atoms with Crippen LogP contribution in [0.1, 0.15) is 33.3 Å². The Morgan fingerprint density at radius 2 is 2.00 bits per heavy atom. The average Bonchev–Trinajstić information content (AvgIpc) is 2.53. The number of hydrogen-bond acceptors (Lipinski definition) is 2. The number of rotatable bonds is 3. The van der Waals surface area contributed by atoms with Crippen LogP contribution in [0.4, 0.5) is 10.1 Å². The van der Waals surface area contributed by atoms with Crippen molar-refractivity contribution in [1.29, 1.82) is 0 Å². The molecule has 0 saturated heterocycles. The lowest BCUT2D eigenvalue weighted by Crippen LogP contribution is -2.28. The Labute approximate surface area is 132 Å². The molecule has 0 bridgehead atoms.